The van der Waals surface area contributed by atoms with E-state index in [1.165, 1.54) is 11.6 Å². The van der Waals surface area contributed by atoms with Crippen LogP contribution >= 0.6 is 35.3 Å². The Morgan fingerprint density at radius 1 is 1.28 bits per heavy atom. The Hall–Kier alpha value is -1.19. The van der Waals surface area contributed by atoms with Crippen LogP contribution < -0.4 is 10.6 Å². The Kier molecular flexibility index (Phi) is 9.36. The molecular formula is C22H32FIN4S. The lowest BCUT2D eigenvalue weighted by Crippen LogP contribution is -2.50. The molecule has 1 aromatic carbocycles. The minimum absolute atomic E-state index is 0. The van der Waals surface area contributed by atoms with Crippen LogP contribution in [0.5, 0.6) is 0 Å². The molecule has 1 saturated heterocycles. The van der Waals surface area contributed by atoms with Crippen LogP contribution in [0, 0.1) is 5.82 Å². The van der Waals surface area contributed by atoms with E-state index in [1.807, 2.05) is 6.07 Å². The van der Waals surface area contributed by atoms with Gasteiger partial charge in [0.1, 0.15) is 5.82 Å². The van der Waals surface area contributed by atoms with Crippen LogP contribution in [0.2, 0.25) is 0 Å². The summed E-state index contributed by atoms with van der Waals surface area (Å²) in [6.07, 6.45) is 2.22. The maximum atomic E-state index is 13.6. The van der Waals surface area contributed by atoms with E-state index >= 15 is 0 Å². The van der Waals surface area contributed by atoms with Crippen molar-refractivity contribution < 1.29 is 4.39 Å². The normalized spacial score (nSPS) is 16.3. The first-order valence-electron chi connectivity index (χ1n) is 9.93. The van der Waals surface area contributed by atoms with Crippen molar-refractivity contribution in [3.63, 3.8) is 0 Å². The van der Waals surface area contributed by atoms with Crippen LogP contribution in [0.15, 0.2) is 46.1 Å². The third-order valence-corrected chi connectivity index (χ3v) is 6.17. The zero-order chi connectivity index (χ0) is 20.0. The van der Waals surface area contributed by atoms with Crippen molar-refractivity contribution in [1.29, 1.82) is 0 Å². The van der Waals surface area contributed by atoms with Crippen LogP contribution in [-0.4, -0.2) is 43.6 Å². The zero-order valence-corrected chi connectivity index (χ0v) is 20.6. The molecule has 0 atom stereocenters. The fourth-order valence-electron chi connectivity index (χ4n) is 3.58. The molecule has 7 heteroatoms. The topological polar surface area (TPSA) is 39.7 Å². The SMILES string of the molecule is CN=C(NCC(C)(C)c1cccc(F)c1)NC1CCN(Cc2ccsc2)CC1.I. The van der Waals surface area contributed by atoms with Crippen LogP contribution in [0.25, 0.3) is 0 Å². The summed E-state index contributed by atoms with van der Waals surface area (Å²) in [5, 5.41) is 11.4. The van der Waals surface area contributed by atoms with E-state index in [0.29, 0.717) is 12.6 Å². The van der Waals surface area contributed by atoms with E-state index in [-0.39, 0.29) is 35.2 Å². The Labute approximate surface area is 195 Å². The Morgan fingerprint density at radius 3 is 2.66 bits per heavy atom. The molecular weight excluding hydrogens is 498 g/mol. The van der Waals surface area contributed by atoms with Crippen LogP contribution in [0.4, 0.5) is 4.39 Å². The first-order chi connectivity index (χ1) is 13.5. The van der Waals surface area contributed by atoms with Crippen LogP contribution in [0.3, 0.4) is 0 Å². The van der Waals surface area contributed by atoms with Gasteiger partial charge in [-0.3, -0.25) is 9.89 Å². The molecule has 1 aromatic heterocycles. The molecule has 2 N–H and O–H groups in total. The van der Waals surface area contributed by atoms with Gasteiger partial charge < -0.3 is 10.6 Å². The molecule has 0 radical (unpaired) electrons. The fourth-order valence-corrected chi connectivity index (χ4v) is 4.24. The number of likely N-dealkylation sites (tertiary alicyclic amines) is 1. The van der Waals surface area contributed by atoms with Crippen molar-refractivity contribution >= 4 is 41.3 Å². The van der Waals surface area contributed by atoms with Gasteiger partial charge in [0.25, 0.3) is 0 Å². The van der Waals surface area contributed by atoms with Gasteiger partial charge in [0.05, 0.1) is 0 Å². The molecule has 1 fully saturated rings. The Bertz CT molecular complexity index is 771. The standard InChI is InChI=1S/C22H31FN4S.HI/c1-22(2,18-5-4-6-19(23)13-18)16-25-21(24-3)26-20-7-10-27(11-8-20)14-17-9-12-28-15-17;/h4-6,9,12-13,15,20H,7-8,10-11,14,16H2,1-3H3,(H2,24,25,26);1H. The molecule has 0 aliphatic carbocycles. The van der Waals surface area contributed by atoms with Gasteiger partial charge in [0.2, 0.25) is 0 Å². The molecule has 0 bridgehead atoms. The number of benzene rings is 1. The third-order valence-electron chi connectivity index (χ3n) is 5.44. The average Bonchev–Trinajstić information content (AvgIpc) is 3.19. The summed E-state index contributed by atoms with van der Waals surface area (Å²) in [6, 6.07) is 9.48. The van der Waals surface area contributed by atoms with E-state index in [1.54, 1.807) is 30.5 Å². The van der Waals surface area contributed by atoms with Crippen molar-refractivity contribution in [2.24, 2.45) is 4.99 Å². The highest BCUT2D eigenvalue weighted by Gasteiger charge is 2.23. The van der Waals surface area contributed by atoms with E-state index in [0.717, 1.165) is 44.0 Å². The maximum Gasteiger partial charge on any atom is 0.191 e. The molecule has 1 aliphatic heterocycles. The van der Waals surface area contributed by atoms with Crippen LogP contribution in [0.1, 0.15) is 37.8 Å². The van der Waals surface area contributed by atoms with E-state index in [2.05, 4.69) is 51.2 Å². The number of guanidine groups is 1. The maximum absolute atomic E-state index is 13.6. The highest BCUT2D eigenvalue weighted by atomic mass is 127. The molecule has 0 spiro atoms. The summed E-state index contributed by atoms with van der Waals surface area (Å²) in [4.78, 5) is 6.90. The van der Waals surface area contributed by atoms with Crippen molar-refractivity contribution in [2.45, 2.75) is 44.7 Å². The molecule has 0 saturated carbocycles. The molecule has 3 rings (SSSR count). The number of nitrogens with zero attached hydrogens (tertiary/aromatic N) is 2. The molecule has 0 amide bonds. The third kappa shape index (κ3) is 7.22. The number of nitrogens with one attached hydrogen (secondary N) is 2. The first kappa shape index (κ1) is 24.1. The number of rotatable bonds is 6. The lowest BCUT2D eigenvalue weighted by atomic mass is 9.84. The molecule has 160 valence electrons. The van der Waals surface area contributed by atoms with Gasteiger partial charge in [-0.2, -0.15) is 11.3 Å². The highest BCUT2D eigenvalue weighted by Crippen LogP contribution is 2.23. The van der Waals surface area contributed by atoms with Gasteiger partial charge in [-0.15, -0.1) is 24.0 Å². The second-order valence-electron chi connectivity index (χ2n) is 8.15. The summed E-state index contributed by atoms with van der Waals surface area (Å²) >= 11 is 1.76. The highest BCUT2D eigenvalue weighted by molar-refractivity contribution is 14.0. The minimum Gasteiger partial charge on any atom is -0.356 e. The number of piperidine rings is 1. The summed E-state index contributed by atoms with van der Waals surface area (Å²) in [7, 11) is 1.80. The second-order valence-corrected chi connectivity index (χ2v) is 8.93. The largest absolute Gasteiger partial charge is 0.356 e. The lowest BCUT2D eigenvalue weighted by Gasteiger charge is -2.33. The smallest absolute Gasteiger partial charge is 0.191 e. The molecule has 4 nitrogen and oxygen atoms in total. The number of hydrogen-bond donors (Lipinski definition) is 2. The van der Waals surface area contributed by atoms with Gasteiger partial charge >= 0.3 is 0 Å². The van der Waals surface area contributed by atoms with E-state index < -0.39 is 0 Å². The number of thiophene rings is 1. The lowest BCUT2D eigenvalue weighted by molar-refractivity contribution is 0.198. The minimum atomic E-state index is -0.192. The molecule has 1 aliphatic rings. The molecule has 29 heavy (non-hydrogen) atoms. The number of halogens is 2. The molecule has 2 aromatic rings. The van der Waals surface area contributed by atoms with Gasteiger partial charge in [-0.1, -0.05) is 26.0 Å². The molecule has 0 unspecified atom stereocenters. The van der Waals surface area contributed by atoms with Crippen LogP contribution in [-0.2, 0) is 12.0 Å². The van der Waals surface area contributed by atoms with Gasteiger partial charge in [0, 0.05) is 44.7 Å². The van der Waals surface area contributed by atoms with Crippen molar-refractivity contribution in [1.82, 2.24) is 15.5 Å². The van der Waals surface area contributed by atoms with Crippen molar-refractivity contribution in [3.05, 3.63) is 58.0 Å². The average molecular weight is 530 g/mol. The van der Waals surface area contributed by atoms with E-state index in [4.69, 9.17) is 0 Å². The quantitative estimate of drug-likeness (QED) is 0.326. The second kappa shape index (κ2) is 11.3. The fraction of sp³-hybridized carbons (Fsp3) is 0.500. The van der Waals surface area contributed by atoms with E-state index in [9.17, 15) is 4.39 Å². The van der Waals surface area contributed by atoms with Crippen molar-refractivity contribution in [2.75, 3.05) is 26.7 Å². The Morgan fingerprint density at radius 2 is 2.03 bits per heavy atom. The first-order valence-corrected chi connectivity index (χ1v) is 10.9. The summed E-state index contributed by atoms with van der Waals surface area (Å²) < 4.78 is 13.6. The number of aliphatic imine (C=N–C) groups is 1. The summed E-state index contributed by atoms with van der Waals surface area (Å²) in [6.45, 7) is 8.16. The van der Waals surface area contributed by atoms with Gasteiger partial charge in [-0.25, -0.2) is 4.39 Å². The predicted octanol–water partition coefficient (Wildman–Crippen LogP) is 4.61. The Balaban J connectivity index is 0.00000300. The summed E-state index contributed by atoms with van der Waals surface area (Å²) in [5.74, 6) is 0.628. The van der Waals surface area contributed by atoms with Gasteiger partial charge in [-0.05, 0) is 52.9 Å². The van der Waals surface area contributed by atoms with Gasteiger partial charge in [0.15, 0.2) is 5.96 Å². The summed E-state index contributed by atoms with van der Waals surface area (Å²) in [5.41, 5.74) is 2.20. The predicted molar refractivity (Wildman–Crippen MR) is 132 cm³/mol. The number of hydrogen-bond acceptors (Lipinski definition) is 3. The molecule has 2 heterocycles. The monoisotopic (exact) mass is 530 g/mol. The van der Waals surface area contributed by atoms with Crippen molar-refractivity contribution in [3.8, 4) is 0 Å². The zero-order valence-electron chi connectivity index (χ0n) is 17.5.